The maximum Gasteiger partial charge on any atom is 0.0709 e. The molecule has 2 aromatic carbocycles. The number of anilines is 1. The zero-order valence-corrected chi connectivity index (χ0v) is 11.8. The molecule has 0 radical (unpaired) electrons. The van der Waals surface area contributed by atoms with E-state index in [0.717, 1.165) is 17.7 Å². The average molecular weight is 267 g/mol. The number of benzene rings is 2. The van der Waals surface area contributed by atoms with Gasteiger partial charge in [-0.25, -0.2) is 0 Å². The topological polar surface area (TPSA) is 32.3 Å². The van der Waals surface area contributed by atoms with Gasteiger partial charge >= 0.3 is 0 Å². The van der Waals surface area contributed by atoms with Crippen molar-refractivity contribution in [3.63, 3.8) is 0 Å². The second-order valence-corrected chi connectivity index (χ2v) is 4.81. The molecule has 0 saturated heterocycles. The molecule has 0 aliphatic carbocycles. The van der Waals surface area contributed by atoms with Crippen molar-refractivity contribution in [2.75, 3.05) is 11.9 Å². The van der Waals surface area contributed by atoms with E-state index < -0.39 is 0 Å². The molecule has 104 valence electrons. The van der Waals surface area contributed by atoms with Crippen LogP contribution >= 0.6 is 0 Å². The second-order valence-electron chi connectivity index (χ2n) is 4.81. The van der Waals surface area contributed by atoms with E-state index in [9.17, 15) is 5.11 Å². The van der Waals surface area contributed by atoms with E-state index >= 15 is 0 Å². The second kappa shape index (κ2) is 7.51. The van der Waals surface area contributed by atoms with Gasteiger partial charge in [0.1, 0.15) is 0 Å². The van der Waals surface area contributed by atoms with Crippen molar-refractivity contribution in [3.05, 3.63) is 65.7 Å². The number of aliphatic hydroxyl groups excluding tert-OH is 1. The summed E-state index contributed by atoms with van der Waals surface area (Å²) in [7, 11) is 0. The van der Waals surface area contributed by atoms with Crippen LogP contribution in [0.25, 0.3) is 12.2 Å². The molecule has 0 aliphatic heterocycles. The van der Waals surface area contributed by atoms with Gasteiger partial charge in [-0.1, -0.05) is 61.5 Å². The van der Waals surface area contributed by atoms with Crippen LogP contribution in [0.15, 0.2) is 54.6 Å². The zero-order chi connectivity index (χ0) is 14.2. The maximum absolute atomic E-state index is 9.51. The Bertz CT molecular complexity index is 531. The lowest BCUT2D eigenvalue weighted by molar-refractivity contribution is 0.183. The SMILES string of the molecule is CCC(O)CNc1ccc(C=Cc2ccccc2)cc1. The molecule has 0 bridgehead atoms. The van der Waals surface area contributed by atoms with Crippen molar-refractivity contribution < 1.29 is 5.11 Å². The summed E-state index contributed by atoms with van der Waals surface area (Å²) in [6.45, 7) is 2.57. The standard InChI is InChI=1S/C18H21NO/c1-2-18(20)14-19-17-12-10-16(11-13-17)9-8-15-6-4-3-5-7-15/h3-13,18-20H,2,14H2,1H3. The lowest BCUT2D eigenvalue weighted by atomic mass is 10.1. The third-order valence-corrected chi connectivity index (χ3v) is 3.19. The fourth-order valence-electron chi connectivity index (χ4n) is 1.85. The minimum absolute atomic E-state index is 0.285. The van der Waals surface area contributed by atoms with Gasteiger partial charge in [0.25, 0.3) is 0 Å². The molecular weight excluding hydrogens is 246 g/mol. The Kier molecular flexibility index (Phi) is 5.39. The van der Waals surface area contributed by atoms with E-state index in [1.165, 1.54) is 5.56 Å². The maximum atomic E-state index is 9.51. The van der Waals surface area contributed by atoms with Crippen molar-refractivity contribution in [1.29, 1.82) is 0 Å². The van der Waals surface area contributed by atoms with Gasteiger partial charge in [0.05, 0.1) is 6.10 Å². The largest absolute Gasteiger partial charge is 0.391 e. The van der Waals surface area contributed by atoms with Gasteiger partial charge in [0.2, 0.25) is 0 Å². The first-order valence-corrected chi connectivity index (χ1v) is 7.03. The molecule has 1 atom stereocenters. The van der Waals surface area contributed by atoms with Crippen molar-refractivity contribution in [1.82, 2.24) is 0 Å². The third-order valence-electron chi connectivity index (χ3n) is 3.19. The number of aliphatic hydroxyl groups is 1. The summed E-state index contributed by atoms with van der Waals surface area (Å²) in [5.74, 6) is 0. The summed E-state index contributed by atoms with van der Waals surface area (Å²) in [5, 5.41) is 12.7. The Labute approximate surface area is 120 Å². The minimum atomic E-state index is -0.285. The number of hydrogen-bond donors (Lipinski definition) is 2. The van der Waals surface area contributed by atoms with Crippen LogP contribution in [0.5, 0.6) is 0 Å². The van der Waals surface area contributed by atoms with E-state index in [0.29, 0.717) is 6.54 Å². The quantitative estimate of drug-likeness (QED) is 0.774. The third kappa shape index (κ3) is 4.56. The predicted molar refractivity (Wildman–Crippen MR) is 86.6 cm³/mol. The van der Waals surface area contributed by atoms with Gasteiger partial charge in [-0.05, 0) is 29.7 Å². The minimum Gasteiger partial charge on any atom is -0.391 e. The van der Waals surface area contributed by atoms with Gasteiger partial charge in [0, 0.05) is 12.2 Å². The van der Waals surface area contributed by atoms with Gasteiger partial charge in [0.15, 0.2) is 0 Å². The van der Waals surface area contributed by atoms with Crippen molar-refractivity contribution in [2.45, 2.75) is 19.4 Å². The number of hydrogen-bond acceptors (Lipinski definition) is 2. The zero-order valence-electron chi connectivity index (χ0n) is 11.8. The predicted octanol–water partition coefficient (Wildman–Crippen LogP) is 4.04. The van der Waals surface area contributed by atoms with Crippen molar-refractivity contribution >= 4 is 17.8 Å². The first-order valence-electron chi connectivity index (χ1n) is 7.03. The summed E-state index contributed by atoms with van der Waals surface area (Å²) in [4.78, 5) is 0. The molecule has 2 rings (SSSR count). The molecule has 2 N–H and O–H groups in total. The van der Waals surface area contributed by atoms with Crippen LogP contribution in [0, 0.1) is 0 Å². The highest BCUT2D eigenvalue weighted by atomic mass is 16.3. The fraction of sp³-hybridized carbons (Fsp3) is 0.222. The van der Waals surface area contributed by atoms with Crippen LogP contribution in [-0.2, 0) is 0 Å². The summed E-state index contributed by atoms with van der Waals surface area (Å²) < 4.78 is 0. The average Bonchev–Trinajstić information content (AvgIpc) is 2.52. The molecule has 0 heterocycles. The molecule has 2 nitrogen and oxygen atoms in total. The Morgan fingerprint density at radius 2 is 1.55 bits per heavy atom. The molecule has 20 heavy (non-hydrogen) atoms. The lowest BCUT2D eigenvalue weighted by Crippen LogP contribution is -2.17. The number of nitrogens with one attached hydrogen (secondary N) is 1. The van der Waals surface area contributed by atoms with Crippen molar-refractivity contribution in [2.24, 2.45) is 0 Å². The smallest absolute Gasteiger partial charge is 0.0709 e. The highest BCUT2D eigenvalue weighted by Crippen LogP contribution is 2.13. The molecule has 2 aromatic rings. The van der Waals surface area contributed by atoms with Crippen LogP contribution < -0.4 is 5.32 Å². The van der Waals surface area contributed by atoms with Crippen LogP contribution in [0.2, 0.25) is 0 Å². The molecule has 0 spiro atoms. The normalized spacial score (nSPS) is 12.5. The summed E-state index contributed by atoms with van der Waals surface area (Å²) in [6.07, 6.45) is 4.68. The molecule has 2 heteroatoms. The van der Waals surface area contributed by atoms with Crippen molar-refractivity contribution in [3.8, 4) is 0 Å². The first kappa shape index (κ1) is 14.4. The highest BCUT2D eigenvalue weighted by molar-refractivity contribution is 5.70. The summed E-state index contributed by atoms with van der Waals surface area (Å²) in [6, 6.07) is 18.5. The van der Waals surface area contributed by atoms with Crippen LogP contribution in [0.1, 0.15) is 24.5 Å². The Morgan fingerprint density at radius 1 is 0.950 bits per heavy atom. The molecule has 0 aliphatic rings. The van der Waals surface area contributed by atoms with E-state index in [-0.39, 0.29) is 6.10 Å². The summed E-state index contributed by atoms with van der Waals surface area (Å²) in [5.41, 5.74) is 3.39. The molecule has 0 aromatic heterocycles. The molecule has 0 fully saturated rings. The Morgan fingerprint density at radius 3 is 2.15 bits per heavy atom. The number of rotatable bonds is 6. The first-order chi connectivity index (χ1) is 9.78. The monoisotopic (exact) mass is 267 g/mol. The van der Waals surface area contributed by atoms with Gasteiger partial charge < -0.3 is 10.4 Å². The molecule has 0 saturated carbocycles. The van der Waals surface area contributed by atoms with E-state index in [2.05, 4.69) is 41.7 Å². The van der Waals surface area contributed by atoms with Gasteiger partial charge in [-0.15, -0.1) is 0 Å². The Hall–Kier alpha value is -2.06. The van der Waals surface area contributed by atoms with E-state index in [1.54, 1.807) is 0 Å². The van der Waals surface area contributed by atoms with E-state index in [1.807, 2.05) is 37.3 Å². The molecule has 1 unspecified atom stereocenters. The fourth-order valence-corrected chi connectivity index (χ4v) is 1.85. The van der Waals surface area contributed by atoms with Crippen LogP contribution in [0.3, 0.4) is 0 Å². The van der Waals surface area contributed by atoms with Crippen LogP contribution in [-0.4, -0.2) is 17.8 Å². The lowest BCUT2D eigenvalue weighted by Gasteiger charge is -2.10. The molecule has 0 amide bonds. The van der Waals surface area contributed by atoms with Gasteiger partial charge in [-0.3, -0.25) is 0 Å². The van der Waals surface area contributed by atoms with Crippen LogP contribution in [0.4, 0.5) is 5.69 Å². The summed E-state index contributed by atoms with van der Waals surface area (Å²) >= 11 is 0. The highest BCUT2D eigenvalue weighted by Gasteiger charge is 1.99. The van der Waals surface area contributed by atoms with Gasteiger partial charge in [-0.2, -0.15) is 0 Å². The van der Waals surface area contributed by atoms with E-state index in [4.69, 9.17) is 0 Å². The Balaban J connectivity index is 1.93. The molecular formula is C18H21NO.